The van der Waals surface area contributed by atoms with Crippen LogP contribution < -0.4 is 10.3 Å². The van der Waals surface area contributed by atoms with E-state index in [2.05, 4.69) is 11.9 Å². The summed E-state index contributed by atoms with van der Waals surface area (Å²) in [6, 6.07) is 3.11. The maximum Gasteiger partial charge on any atom is 0.311 e. The number of pyridine rings is 1. The van der Waals surface area contributed by atoms with Gasteiger partial charge in [0.1, 0.15) is 0 Å². The van der Waals surface area contributed by atoms with Crippen LogP contribution >= 0.6 is 0 Å². The molecule has 0 aliphatic carbocycles. The average molecular weight is 223 g/mol. The van der Waals surface area contributed by atoms with Crippen LogP contribution in [0.15, 0.2) is 23.1 Å². The number of ether oxygens (including phenoxy) is 1. The molecule has 0 unspecified atom stereocenters. The maximum atomic E-state index is 11.4. The van der Waals surface area contributed by atoms with Gasteiger partial charge in [-0.25, -0.2) is 0 Å². The number of nitrogens with one attached hydrogen (secondary N) is 1. The molecule has 0 aliphatic rings. The molecule has 1 N–H and O–H groups in total. The zero-order valence-corrected chi connectivity index (χ0v) is 9.49. The Balaban J connectivity index is 2.35. The summed E-state index contributed by atoms with van der Waals surface area (Å²) >= 11 is 0. The minimum Gasteiger partial charge on any atom is -0.421 e. The molecule has 88 valence electrons. The molecular weight excluding hydrogens is 206 g/mol. The minimum absolute atomic E-state index is 0.0722. The van der Waals surface area contributed by atoms with Crippen LogP contribution in [0, 0.1) is 0 Å². The van der Waals surface area contributed by atoms with Crippen molar-refractivity contribution in [1.29, 1.82) is 0 Å². The Hall–Kier alpha value is -1.58. The van der Waals surface area contributed by atoms with Crippen LogP contribution in [0.2, 0.25) is 0 Å². The van der Waals surface area contributed by atoms with Gasteiger partial charge in [-0.3, -0.25) is 9.59 Å². The highest BCUT2D eigenvalue weighted by molar-refractivity contribution is 5.72. The van der Waals surface area contributed by atoms with Gasteiger partial charge in [-0.2, -0.15) is 0 Å². The molecule has 4 nitrogen and oxygen atoms in total. The molecule has 0 amide bonds. The number of H-pyrrole nitrogens is 1. The Kier molecular flexibility index (Phi) is 5.32. The lowest BCUT2D eigenvalue weighted by molar-refractivity contribution is -0.134. The van der Waals surface area contributed by atoms with Crippen molar-refractivity contribution in [3.8, 4) is 5.75 Å². The monoisotopic (exact) mass is 223 g/mol. The van der Waals surface area contributed by atoms with E-state index >= 15 is 0 Å². The van der Waals surface area contributed by atoms with Crippen molar-refractivity contribution < 1.29 is 9.53 Å². The summed E-state index contributed by atoms with van der Waals surface area (Å²) in [7, 11) is 0. The normalized spacial score (nSPS) is 10.1. The lowest BCUT2D eigenvalue weighted by atomic mass is 10.2. The van der Waals surface area contributed by atoms with E-state index in [1.54, 1.807) is 6.07 Å². The number of hydrogen-bond acceptors (Lipinski definition) is 3. The van der Waals surface area contributed by atoms with E-state index in [1.165, 1.54) is 12.3 Å². The number of rotatable bonds is 6. The van der Waals surface area contributed by atoms with Gasteiger partial charge in [-0.1, -0.05) is 26.2 Å². The standard InChI is InChI=1S/C12H17NO3/c1-2-3-4-5-8-11(14)16-10-7-6-9-13-12(10)15/h6-7,9H,2-5,8H2,1H3,(H,13,15). The second-order valence-electron chi connectivity index (χ2n) is 3.65. The van der Waals surface area contributed by atoms with E-state index in [0.717, 1.165) is 25.7 Å². The topological polar surface area (TPSA) is 59.2 Å². The van der Waals surface area contributed by atoms with Crippen molar-refractivity contribution in [3.05, 3.63) is 28.7 Å². The van der Waals surface area contributed by atoms with Crippen LogP contribution in [0.4, 0.5) is 0 Å². The van der Waals surface area contributed by atoms with Gasteiger partial charge in [-0.05, 0) is 18.6 Å². The fourth-order valence-corrected chi connectivity index (χ4v) is 1.36. The van der Waals surface area contributed by atoms with Crippen LogP contribution in [0.1, 0.15) is 39.0 Å². The molecule has 1 rings (SSSR count). The summed E-state index contributed by atoms with van der Waals surface area (Å²) in [5, 5.41) is 0. The predicted molar refractivity (Wildman–Crippen MR) is 61.5 cm³/mol. The first-order valence-corrected chi connectivity index (χ1v) is 5.62. The van der Waals surface area contributed by atoms with E-state index in [1.807, 2.05) is 0 Å². The molecule has 0 radical (unpaired) electrons. The highest BCUT2D eigenvalue weighted by Gasteiger charge is 2.06. The minimum atomic E-state index is -0.371. The van der Waals surface area contributed by atoms with Gasteiger partial charge < -0.3 is 9.72 Å². The van der Waals surface area contributed by atoms with Crippen molar-refractivity contribution in [2.45, 2.75) is 39.0 Å². The third kappa shape index (κ3) is 4.29. The summed E-state index contributed by atoms with van der Waals surface area (Å²) in [4.78, 5) is 25.0. The molecule has 1 aromatic rings. The number of aromatic nitrogens is 1. The molecule has 4 heteroatoms. The molecule has 0 aliphatic heterocycles. The van der Waals surface area contributed by atoms with Gasteiger partial charge in [0.15, 0.2) is 5.75 Å². The molecule has 1 aromatic heterocycles. The molecular formula is C12H17NO3. The SMILES string of the molecule is CCCCCCC(=O)Oc1ccc[nH]c1=O. The highest BCUT2D eigenvalue weighted by atomic mass is 16.5. The van der Waals surface area contributed by atoms with Crippen LogP contribution in [-0.2, 0) is 4.79 Å². The number of unbranched alkanes of at least 4 members (excludes halogenated alkanes) is 3. The maximum absolute atomic E-state index is 11.4. The third-order valence-corrected chi connectivity index (χ3v) is 2.24. The van der Waals surface area contributed by atoms with E-state index in [-0.39, 0.29) is 17.3 Å². The average Bonchev–Trinajstić information content (AvgIpc) is 2.28. The number of aromatic amines is 1. The molecule has 0 aromatic carbocycles. The summed E-state index contributed by atoms with van der Waals surface area (Å²) in [6.45, 7) is 2.11. The van der Waals surface area contributed by atoms with Crippen LogP contribution in [-0.4, -0.2) is 11.0 Å². The molecule has 0 saturated carbocycles. The Labute approximate surface area is 94.6 Å². The van der Waals surface area contributed by atoms with Crippen LogP contribution in [0.5, 0.6) is 5.75 Å². The lowest BCUT2D eigenvalue weighted by Gasteiger charge is -2.02. The Morgan fingerprint density at radius 2 is 2.19 bits per heavy atom. The van der Waals surface area contributed by atoms with Crippen LogP contribution in [0.3, 0.4) is 0 Å². The van der Waals surface area contributed by atoms with Gasteiger partial charge in [0.25, 0.3) is 5.56 Å². The first-order valence-electron chi connectivity index (χ1n) is 5.62. The molecule has 1 heterocycles. The second kappa shape index (κ2) is 6.82. The number of esters is 1. The van der Waals surface area contributed by atoms with Crippen LogP contribution in [0.25, 0.3) is 0 Å². The van der Waals surface area contributed by atoms with E-state index in [0.29, 0.717) is 6.42 Å². The summed E-state index contributed by atoms with van der Waals surface area (Å²) in [5.74, 6) is -0.268. The smallest absolute Gasteiger partial charge is 0.311 e. The number of carbonyl (C=O) groups excluding carboxylic acids is 1. The van der Waals surface area contributed by atoms with Gasteiger partial charge in [0, 0.05) is 12.6 Å². The van der Waals surface area contributed by atoms with Gasteiger partial charge in [0.2, 0.25) is 0 Å². The fourth-order valence-electron chi connectivity index (χ4n) is 1.36. The largest absolute Gasteiger partial charge is 0.421 e. The van der Waals surface area contributed by atoms with Gasteiger partial charge in [-0.15, -0.1) is 0 Å². The number of hydrogen-bond donors (Lipinski definition) is 1. The Morgan fingerprint density at radius 1 is 1.38 bits per heavy atom. The summed E-state index contributed by atoms with van der Waals surface area (Å²) in [5.41, 5.74) is -0.371. The quantitative estimate of drug-likeness (QED) is 0.594. The van der Waals surface area contributed by atoms with E-state index < -0.39 is 0 Å². The van der Waals surface area contributed by atoms with Gasteiger partial charge >= 0.3 is 5.97 Å². The third-order valence-electron chi connectivity index (χ3n) is 2.24. The first kappa shape index (κ1) is 12.5. The van der Waals surface area contributed by atoms with Crippen molar-refractivity contribution >= 4 is 5.97 Å². The lowest BCUT2D eigenvalue weighted by Crippen LogP contribution is -2.15. The van der Waals surface area contributed by atoms with E-state index in [4.69, 9.17) is 4.74 Å². The second-order valence-corrected chi connectivity index (χ2v) is 3.65. The molecule has 0 atom stereocenters. The van der Waals surface area contributed by atoms with Crippen molar-refractivity contribution in [1.82, 2.24) is 4.98 Å². The number of carbonyl (C=O) groups is 1. The highest BCUT2D eigenvalue weighted by Crippen LogP contribution is 2.06. The Bertz CT molecular complexity index is 384. The Morgan fingerprint density at radius 3 is 2.88 bits per heavy atom. The zero-order valence-electron chi connectivity index (χ0n) is 9.49. The van der Waals surface area contributed by atoms with Gasteiger partial charge in [0.05, 0.1) is 0 Å². The van der Waals surface area contributed by atoms with Crippen molar-refractivity contribution in [2.24, 2.45) is 0 Å². The summed E-state index contributed by atoms with van der Waals surface area (Å²) in [6.07, 6.45) is 5.97. The fraction of sp³-hybridized carbons (Fsp3) is 0.500. The molecule has 0 fully saturated rings. The van der Waals surface area contributed by atoms with Crippen molar-refractivity contribution in [3.63, 3.8) is 0 Å². The molecule has 16 heavy (non-hydrogen) atoms. The molecule has 0 spiro atoms. The summed E-state index contributed by atoms with van der Waals surface area (Å²) < 4.78 is 4.94. The van der Waals surface area contributed by atoms with Crippen molar-refractivity contribution in [2.75, 3.05) is 0 Å². The first-order chi connectivity index (χ1) is 7.74. The molecule has 0 bridgehead atoms. The molecule has 0 saturated heterocycles. The van der Waals surface area contributed by atoms with E-state index in [9.17, 15) is 9.59 Å². The zero-order chi connectivity index (χ0) is 11.8. The predicted octanol–water partition coefficient (Wildman–Crippen LogP) is 2.25.